The standard InChI is InChI=1S/C12H24O3S/c1-6-10(2)9-16(14)8-7-11(13)15-12(3,4)5/h10H,6-9H2,1-5H3. The molecule has 2 atom stereocenters. The maximum atomic E-state index is 11.6. The van der Waals surface area contributed by atoms with E-state index in [2.05, 4.69) is 13.8 Å². The summed E-state index contributed by atoms with van der Waals surface area (Å²) < 4.78 is 16.7. The second-order valence-electron chi connectivity index (χ2n) is 5.16. The van der Waals surface area contributed by atoms with Crippen LogP contribution in [-0.2, 0) is 20.3 Å². The van der Waals surface area contributed by atoms with Gasteiger partial charge in [0.05, 0.1) is 6.42 Å². The zero-order valence-electron chi connectivity index (χ0n) is 11.0. The van der Waals surface area contributed by atoms with Gasteiger partial charge in [-0.2, -0.15) is 0 Å². The minimum atomic E-state index is -0.900. The van der Waals surface area contributed by atoms with Gasteiger partial charge in [-0.25, -0.2) is 0 Å². The van der Waals surface area contributed by atoms with Gasteiger partial charge in [0.15, 0.2) is 0 Å². The Morgan fingerprint density at radius 2 is 1.94 bits per heavy atom. The van der Waals surface area contributed by atoms with Gasteiger partial charge in [0.25, 0.3) is 0 Å². The molecule has 0 amide bonds. The fraction of sp³-hybridized carbons (Fsp3) is 0.917. The van der Waals surface area contributed by atoms with Crippen LogP contribution in [0, 0.1) is 5.92 Å². The molecule has 16 heavy (non-hydrogen) atoms. The van der Waals surface area contributed by atoms with Crippen molar-refractivity contribution in [3.63, 3.8) is 0 Å². The molecule has 0 saturated heterocycles. The van der Waals surface area contributed by atoms with Crippen molar-refractivity contribution in [3.8, 4) is 0 Å². The topological polar surface area (TPSA) is 43.4 Å². The Labute approximate surface area is 101 Å². The van der Waals surface area contributed by atoms with E-state index >= 15 is 0 Å². The Hall–Kier alpha value is -0.380. The summed E-state index contributed by atoms with van der Waals surface area (Å²) in [6, 6.07) is 0. The van der Waals surface area contributed by atoms with E-state index in [-0.39, 0.29) is 12.4 Å². The van der Waals surface area contributed by atoms with Gasteiger partial charge >= 0.3 is 5.97 Å². The number of esters is 1. The third kappa shape index (κ3) is 8.89. The summed E-state index contributed by atoms with van der Waals surface area (Å²) in [5.41, 5.74) is -0.449. The molecular weight excluding hydrogens is 224 g/mol. The molecule has 0 N–H and O–H groups in total. The van der Waals surface area contributed by atoms with Crippen molar-refractivity contribution in [3.05, 3.63) is 0 Å². The molecule has 0 rings (SSSR count). The van der Waals surface area contributed by atoms with Crippen molar-refractivity contribution in [1.82, 2.24) is 0 Å². The SMILES string of the molecule is CCC(C)CS(=O)CCC(=O)OC(C)(C)C. The summed E-state index contributed by atoms with van der Waals surface area (Å²) in [4.78, 5) is 11.4. The maximum Gasteiger partial charge on any atom is 0.307 e. The third-order valence-corrected chi connectivity index (χ3v) is 3.72. The normalized spacial score (nSPS) is 15.6. The van der Waals surface area contributed by atoms with Crippen LogP contribution in [0.25, 0.3) is 0 Å². The highest BCUT2D eigenvalue weighted by molar-refractivity contribution is 7.85. The average molecular weight is 248 g/mol. The van der Waals surface area contributed by atoms with Crippen LogP contribution in [0.3, 0.4) is 0 Å². The molecule has 0 heterocycles. The van der Waals surface area contributed by atoms with Crippen LogP contribution in [0.1, 0.15) is 47.5 Å². The Morgan fingerprint density at radius 1 is 1.38 bits per heavy atom. The number of ether oxygens (including phenoxy) is 1. The quantitative estimate of drug-likeness (QED) is 0.678. The molecule has 2 unspecified atom stereocenters. The van der Waals surface area contributed by atoms with Gasteiger partial charge in [0.1, 0.15) is 5.60 Å². The third-order valence-electron chi connectivity index (χ3n) is 2.12. The van der Waals surface area contributed by atoms with Crippen molar-refractivity contribution >= 4 is 16.8 Å². The van der Waals surface area contributed by atoms with Gasteiger partial charge in [-0.05, 0) is 26.7 Å². The highest BCUT2D eigenvalue weighted by atomic mass is 32.2. The van der Waals surface area contributed by atoms with E-state index < -0.39 is 16.4 Å². The highest BCUT2D eigenvalue weighted by Gasteiger charge is 2.17. The van der Waals surface area contributed by atoms with Crippen molar-refractivity contribution in [2.75, 3.05) is 11.5 Å². The smallest absolute Gasteiger partial charge is 0.307 e. The fourth-order valence-electron chi connectivity index (χ4n) is 1.11. The predicted molar refractivity (Wildman–Crippen MR) is 67.8 cm³/mol. The minimum absolute atomic E-state index is 0.250. The van der Waals surface area contributed by atoms with Gasteiger partial charge in [0, 0.05) is 22.3 Å². The molecule has 0 aromatic carbocycles. The van der Waals surface area contributed by atoms with Crippen LogP contribution < -0.4 is 0 Å². The highest BCUT2D eigenvalue weighted by Crippen LogP contribution is 2.09. The summed E-state index contributed by atoms with van der Waals surface area (Å²) in [5, 5.41) is 0. The molecule has 0 aliphatic carbocycles. The van der Waals surface area contributed by atoms with Crippen molar-refractivity contribution < 1.29 is 13.7 Å². The molecule has 0 spiro atoms. The molecule has 3 nitrogen and oxygen atoms in total. The van der Waals surface area contributed by atoms with Crippen molar-refractivity contribution in [2.45, 2.75) is 53.1 Å². The number of carbonyl (C=O) groups excluding carboxylic acids is 1. The first-order valence-electron chi connectivity index (χ1n) is 5.81. The largest absolute Gasteiger partial charge is 0.460 e. The number of rotatable bonds is 6. The molecule has 0 aromatic heterocycles. The first-order valence-corrected chi connectivity index (χ1v) is 7.30. The minimum Gasteiger partial charge on any atom is -0.460 e. The lowest BCUT2D eigenvalue weighted by molar-refractivity contribution is -0.154. The molecule has 0 aromatic rings. The number of hydrogen-bond acceptors (Lipinski definition) is 3. The van der Waals surface area contributed by atoms with Crippen molar-refractivity contribution in [1.29, 1.82) is 0 Å². The molecule has 0 aliphatic rings. The fourth-order valence-corrected chi connectivity index (χ4v) is 2.54. The Morgan fingerprint density at radius 3 is 2.38 bits per heavy atom. The molecule has 0 radical (unpaired) electrons. The summed E-state index contributed by atoms with van der Waals surface area (Å²) in [5.74, 6) is 1.29. The summed E-state index contributed by atoms with van der Waals surface area (Å²) >= 11 is 0. The maximum absolute atomic E-state index is 11.6. The van der Waals surface area contributed by atoms with Crippen LogP contribution >= 0.6 is 0 Å². The van der Waals surface area contributed by atoms with Gasteiger partial charge < -0.3 is 4.74 Å². The molecule has 0 aliphatic heterocycles. The van der Waals surface area contributed by atoms with E-state index in [0.717, 1.165) is 6.42 Å². The van der Waals surface area contributed by atoms with Crippen LogP contribution in [-0.4, -0.2) is 27.3 Å². The summed E-state index contributed by atoms with van der Waals surface area (Å²) in [7, 11) is -0.900. The molecule has 4 heteroatoms. The van der Waals surface area contributed by atoms with E-state index in [1.165, 1.54) is 0 Å². The molecule has 0 fully saturated rings. The van der Waals surface area contributed by atoms with E-state index in [0.29, 0.717) is 17.4 Å². The lowest BCUT2D eigenvalue weighted by atomic mass is 10.2. The lowest BCUT2D eigenvalue weighted by Crippen LogP contribution is -2.25. The van der Waals surface area contributed by atoms with E-state index in [1.54, 1.807) is 0 Å². The van der Waals surface area contributed by atoms with E-state index in [1.807, 2.05) is 20.8 Å². The van der Waals surface area contributed by atoms with Gasteiger partial charge in [-0.15, -0.1) is 0 Å². The van der Waals surface area contributed by atoms with Crippen LogP contribution in [0.4, 0.5) is 0 Å². The van der Waals surface area contributed by atoms with Gasteiger partial charge in [0.2, 0.25) is 0 Å². The van der Waals surface area contributed by atoms with Crippen LogP contribution in [0.15, 0.2) is 0 Å². The van der Waals surface area contributed by atoms with E-state index in [4.69, 9.17) is 4.74 Å². The number of carbonyl (C=O) groups is 1. The van der Waals surface area contributed by atoms with Gasteiger partial charge in [-0.1, -0.05) is 20.3 Å². The first-order chi connectivity index (χ1) is 7.24. The lowest BCUT2D eigenvalue weighted by Gasteiger charge is -2.19. The Kier molecular flexibility index (Phi) is 6.88. The molecule has 0 bridgehead atoms. The summed E-state index contributed by atoms with van der Waals surface area (Å²) in [6.07, 6.45) is 1.28. The molecule has 0 saturated carbocycles. The first kappa shape index (κ1) is 15.6. The second-order valence-corrected chi connectivity index (χ2v) is 6.78. The number of hydrogen-bond donors (Lipinski definition) is 0. The van der Waals surface area contributed by atoms with Crippen LogP contribution in [0.5, 0.6) is 0 Å². The molecular formula is C12H24O3S. The second kappa shape index (κ2) is 7.05. The predicted octanol–water partition coefficient (Wildman–Crippen LogP) is 2.51. The van der Waals surface area contributed by atoms with Gasteiger partial charge in [-0.3, -0.25) is 9.00 Å². The summed E-state index contributed by atoms with van der Waals surface area (Å²) in [6.45, 7) is 9.66. The Bertz CT molecular complexity index is 243. The zero-order chi connectivity index (χ0) is 12.8. The molecule has 96 valence electrons. The zero-order valence-corrected chi connectivity index (χ0v) is 11.9. The monoisotopic (exact) mass is 248 g/mol. The van der Waals surface area contributed by atoms with Crippen molar-refractivity contribution in [2.24, 2.45) is 5.92 Å². The van der Waals surface area contributed by atoms with E-state index in [9.17, 15) is 9.00 Å². The van der Waals surface area contributed by atoms with Crippen LogP contribution in [0.2, 0.25) is 0 Å². The Balaban J connectivity index is 3.80. The average Bonchev–Trinajstić information content (AvgIpc) is 2.12.